The summed E-state index contributed by atoms with van der Waals surface area (Å²) >= 11 is 1.74. The standard InChI is InChI=1S/C15H17N3S/c1-11(12-7-8-19-10-12)16-9-15-17-13-5-3-4-6-14(13)18(15)2/h3-8,10-11,16H,9H2,1-2H3. The third kappa shape index (κ3) is 2.41. The molecule has 1 unspecified atom stereocenters. The average Bonchev–Trinajstić information content (AvgIpc) is 3.05. The number of rotatable bonds is 4. The normalized spacial score (nSPS) is 12.9. The Morgan fingerprint density at radius 1 is 1.32 bits per heavy atom. The van der Waals surface area contributed by atoms with Gasteiger partial charge in [0.2, 0.25) is 0 Å². The van der Waals surface area contributed by atoms with Crippen molar-refractivity contribution in [2.24, 2.45) is 7.05 Å². The Kier molecular flexibility index (Phi) is 3.36. The molecule has 0 aliphatic carbocycles. The smallest absolute Gasteiger partial charge is 0.123 e. The molecule has 1 aromatic carbocycles. The number of nitrogens with one attached hydrogen (secondary N) is 1. The van der Waals surface area contributed by atoms with E-state index in [4.69, 9.17) is 0 Å². The Morgan fingerprint density at radius 3 is 2.89 bits per heavy atom. The first-order valence-electron chi connectivity index (χ1n) is 6.41. The van der Waals surface area contributed by atoms with Crippen LogP contribution in [0.25, 0.3) is 11.0 Å². The quantitative estimate of drug-likeness (QED) is 0.787. The lowest BCUT2D eigenvalue weighted by molar-refractivity contribution is 0.552. The summed E-state index contributed by atoms with van der Waals surface area (Å²) in [4.78, 5) is 4.67. The topological polar surface area (TPSA) is 29.9 Å². The van der Waals surface area contributed by atoms with Gasteiger partial charge in [-0.05, 0) is 41.4 Å². The van der Waals surface area contributed by atoms with Crippen LogP contribution in [0.1, 0.15) is 24.4 Å². The highest BCUT2D eigenvalue weighted by molar-refractivity contribution is 7.07. The van der Waals surface area contributed by atoms with Gasteiger partial charge in [-0.15, -0.1) is 0 Å². The molecule has 0 fully saturated rings. The van der Waals surface area contributed by atoms with E-state index in [1.807, 2.05) is 6.07 Å². The van der Waals surface area contributed by atoms with Crippen molar-refractivity contribution in [2.45, 2.75) is 19.5 Å². The highest BCUT2D eigenvalue weighted by atomic mass is 32.1. The van der Waals surface area contributed by atoms with Crippen molar-refractivity contribution in [2.75, 3.05) is 0 Å². The van der Waals surface area contributed by atoms with Crippen LogP contribution in [0.5, 0.6) is 0 Å². The van der Waals surface area contributed by atoms with E-state index >= 15 is 0 Å². The maximum atomic E-state index is 4.67. The summed E-state index contributed by atoms with van der Waals surface area (Å²) in [6, 6.07) is 10.8. The molecule has 0 aliphatic heterocycles. The number of aryl methyl sites for hydroxylation is 1. The maximum Gasteiger partial charge on any atom is 0.123 e. The molecular weight excluding hydrogens is 254 g/mol. The van der Waals surface area contributed by atoms with E-state index in [0.717, 1.165) is 17.9 Å². The minimum Gasteiger partial charge on any atom is -0.330 e. The predicted octanol–water partition coefficient (Wildman–Crippen LogP) is 3.49. The monoisotopic (exact) mass is 271 g/mol. The summed E-state index contributed by atoms with van der Waals surface area (Å²) in [5.74, 6) is 1.07. The van der Waals surface area contributed by atoms with Gasteiger partial charge >= 0.3 is 0 Å². The van der Waals surface area contributed by atoms with Crippen molar-refractivity contribution in [1.29, 1.82) is 0 Å². The summed E-state index contributed by atoms with van der Waals surface area (Å²) < 4.78 is 2.16. The summed E-state index contributed by atoms with van der Waals surface area (Å²) in [5.41, 5.74) is 3.58. The third-order valence-electron chi connectivity index (χ3n) is 3.49. The first-order chi connectivity index (χ1) is 9.25. The van der Waals surface area contributed by atoms with Gasteiger partial charge in [0.1, 0.15) is 5.82 Å². The molecular formula is C15H17N3S. The molecule has 3 aromatic rings. The van der Waals surface area contributed by atoms with Gasteiger partial charge < -0.3 is 9.88 Å². The second-order valence-corrected chi connectivity index (χ2v) is 5.52. The largest absolute Gasteiger partial charge is 0.330 e. The maximum absolute atomic E-state index is 4.67. The average molecular weight is 271 g/mol. The first kappa shape index (κ1) is 12.4. The Bertz CT molecular complexity index is 670. The van der Waals surface area contributed by atoms with Crippen molar-refractivity contribution >= 4 is 22.4 Å². The lowest BCUT2D eigenvalue weighted by Crippen LogP contribution is -2.19. The molecule has 3 rings (SSSR count). The van der Waals surface area contributed by atoms with Crippen molar-refractivity contribution in [1.82, 2.24) is 14.9 Å². The highest BCUT2D eigenvalue weighted by Gasteiger charge is 2.09. The fourth-order valence-electron chi connectivity index (χ4n) is 2.24. The third-order valence-corrected chi connectivity index (χ3v) is 4.19. The molecule has 0 amide bonds. The van der Waals surface area contributed by atoms with E-state index in [1.165, 1.54) is 11.1 Å². The molecule has 0 bridgehead atoms. The van der Waals surface area contributed by atoms with Crippen LogP contribution in [-0.2, 0) is 13.6 Å². The van der Waals surface area contributed by atoms with Crippen LogP contribution in [0.15, 0.2) is 41.1 Å². The number of hydrogen-bond acceptors (Lipinski definition) is 3. The molecule has 1 atom stereocenters. The summed E-state index contributed by atoms with van der Waals surface area (Å²) in [5, 5.41) is 7.83. The van der Waals surface area contributed by atoms with Crippen LogP contribution >= 0.6 is 11.3 Å². The van der Waals surface area contributed by atoms with Crippen molar-refractivity contribution < 1.29 is 0 Å². The number of imidazole rings is 1. The predicted molar refractivity (Wildman–Crippen MR) is 80.3 cm³/mol. The fourth-order valence-corrected chi connectivity index (χ4v) is 2.99. The van der Waals surface area contributed by atoms with Crippen LogP contribution in [0, 0.1) is 0 Å². The lowest BCUT2D eigenvalue weighted by Gasteiger charge is -2.12. The number of benzene rings is 1. The number of nitrogens with zero attached hydrogens (tertiary/aromatic N) is 2. The van der Waals surface area contributed by atoms with Crippen LogP contribution in [-0.4, -0.2) is 9.55 Å². The zero-order valence-corrected chi connectivity index (χ0v) is 11.9. The highest BCUT2D eigenvalue weighted by Crippen LogP contribution is 2.17. The van der Waals surface area contributed by atoms with Crippen LogP contribution < -0.4 is 5.32 Å². The van der Waals surface area contributed by atoms with Crippen LogP contribution in [0.4, 0.5) is 0 Å². The molecule has 3 nitrogen and oxygen atoms in total. The fraction of sp³-hybridized carbons (Fsp3) is 0.267. The lowest BCUT2D eigenvalue weighted by atomic mass is 10.2. The number of thiophene rings is 1. The zero-order chi connectivity index (χ0) is 13.2. The van der Waals surface area contributed by atoms with Gasteiger partial charge in [-0.25, -0.2) is 4.98 Å². The Hall–Kier alpha value is -1.65. The molecule has 1 N–H and O–H groups in total. The van der Waals surface area contributed by atoms with Gasteiger partial charge in [0.25, 0.3) is 0 Å². The van der Waals surface area contributed by atoms with E-state index in [-0.39, 0.29) is 0 Å². The van der Waals surface area contributed by atoms with Crippen molar-refractivity contribution in [3.8, 4) is 0 Å². The van der Waals surface area contributed by atoms with Gasteiger partial charge in [-0.3, -0.25) is 0 Å². The number of aromatic nitrogens is 2. The molecule has 0 spiro atoms. The molecule has 0 aliphatic rings. The molecule has 0 radical (unpaired) electrons. The van der Waals surface area contributed by atoms with Gasteiger partial charge in [0.15, 0.2) is 0 Å². The Balaban J connectivity index is 1.77. The molecule has 2 heterocycles. The van der Waals surface area contributed by atoms with E-state index in [0.29, 0.717) is 6.04 Å². The van der Waals surface area contributed by atoms with Crippen molar-refractivity contribution in [3.63, 3.8) is 0 Å². The van der Waals surface area contributed by atoms with E-state index in [1.54, 1.807) is 11.3 Å². The second kappa shape index (κ2) is 5.15. The zero-order valence-electron chi connectivity index (χ0n) is 11.1. The molecule has 0 saturated heterocycles. The van der Waals surface area contributed by atoms with E-state index < -0.39 is 0 Å². The minimum atomic E-state index is 0.353. The van der Waals surface area contributed by atoms with Gasteiger partial charge in [-0.1, -0.05) is 12.1 Å². The second-order valence-electron chi connectivity index (χ2n) is 4.74. The summed E-state index contributed by atoms with van der Waals surface area (Å²) in [7, 11) is 2.07. The van der Waals surface area contributed by atoms with Crippen molar-refractivity contribution in [3.05, 3.63) is 52.5 Å². The van der Waals surface area contributed by atoms with Gasteiger partial charge in [0, 0.05) is 13.1 Å². The minimum absolute atomic E-state index is 0.353. The summed E-state index contributed by atoms with van der Waals surface area (Å²) in [6.07, 6.45) is 0. The summed E-state index contributed by atoms with van der Waals surface area (Å²) in [6.45, 7) is 2.97. The Labute approximate surface area is 116 Å². The number of hydrogen-bond donors (Lipinski definition) is 1. The van der Waals surface area contributed by atoms with Gasteiger partial charge in [0.05, 0.1) is 17.6 Å². The molecule has 98 valence electrons. The number of fused-ring (bicyclic) bond motifs is 1. The first-order valence-corrected chi connectivity index (χ1v) is 7.36. The SMILES string of the molecule is CC(NCc1nc2ccccc2n1C)c1ccsc1. The van der Waals surface area contributed by atoms with E-state index in [9.17, 15) is 0 Å². The molecule has 2 aromatic heterocycles. The molecule has 0 saturated carbocycles. The van der Waals surface area contributed by atoms with E-state index in [2.05, 4.69) is 63.9 Å². The molecule has 4 heteroatoms. The number of para-hydroxylation sites is 2. The van der Waals surface area contributed by atoms with Crippen LogP contribution in [0.3, 0.4) is 0 Å². The van der Waals surface area contributed by atoms with Crippen LogP contribution in [0.2, 0.25) is 0 Å². The Morgan fingerprint density at radius 2 is 2.16 bits per heavy atom. The molecule has 19 heavy (non-hydrogen) atoms. The van der Waals surface area contributed by atoms with Gasteiger partial charge in [-0.2, -0.15) is 11.3 Å².